The summed E-state index contributed by atoms with van der Waals surface area (Å²) in [6.07, 6.45) is -0.518. The molecular weight excluding hydrogens is 282 g/mol. The highest BCUT2D eigenvalue weighted by atomic mass is 32.1. The van der Waals surface area contributed by atoms with Crippen molar-refractivity contribution in [1.82, 2.24) is 4.90 Å². The van der Waals surface area contributed by atoms with Crippen molar-refractivity contribution in [2.75, 3.05) is 26.8 Å². The summed E-state index contributed by atoms with van der Waals surface area (Å²) in [4.78, 5) is 25.5. The maximum Gasteiger partial charge on any atom is 0.306 e. The van der Waals surface area contributed by atoms with Crippen LogP contribution in [0.4, 0.5) is 0 Å². The summed E-state index contributed by atoms with van der Waals surface area (Å²) in [5.41, 5.74) is 0.865. The van der Waals surface area contributed by atoms with Gasteiger partial charge >= 0.3 is 5.97 Å². The van der Waals surface area contributed by atoms with Gasteiger partial charge in [0.15, 0.2) is 0 Å². The summed E-state index contributed by atoms with van der Waals surface area (Å²) < 4.78 is 10.4. The third-order valence-electron chi connectivity index (χ3n) is 3.07. The van der Waals surface area contributed by atoms with Crippen LogP contribution in [-0.2, 0) is 20.9 Å². The quantitative estimate of drug-likeness (QED) is 0.884. The van der Waals surface area contributed by atoms with E-state index in [2.05, 4.69) is 0 Å². The number of carbonyl (C=O) groups excluding carboxylic acids is 1. The molecule has 1 unspecified atom stereocenters. The Kier molecular flexibility index (Phi) is 5.11. The maximum atomic E-state index is 12.5. The van der Waals surface area contributed by atoms with E-state index in [4.69, 9.17) is 14.6 Å². The van der Waals surface area contributed by atoms with Gasteiger partial charge in [0.1, 0.15) is 0 Å². The second-order valence-corrected chi connectivity index (χ2v) is 5.47. The molecule has 2 heterocycles. The number of ether oxygens (including phenoxy) is 2. The van der Waals surface area contributed by atoms with Gasteiger partial charge in [-0.15, -0.1) is 11.3 Å². The predicted molar refractivity (Wildman–Crippen MR) is 72.9 cm³/mol. The lowest BCUT2D eigenvalue weighted by molar-refractivity contribution is -0.141. The van der Waals surface area contributed by atoms with E-state index in [1.807, 2.05) is 11.4 Å². The number of hydrogen-bond donors (Lipinski definition) is 1. The van der Waals surface area contributed by atoms with E-state index >= 15 is 0 Å². The van der Waals surface area contributed by atoms with Gasteiger partial charge < -0.3 is 19.5 Å². The molecule has 1 aliphatic heterocycles. The molecule has 0 saturated carbocycles. The number of rotatable bonds is 5. The molecule has 1 aliphatic rings. The van der Waals surface area contributed by atoms with Gasteiger partial charge in [-0.05, 0) is 11.4 Å². The molecule has 6 nitrogen and oxygen atoms in total. The Morgan fingerprint density at radius 2 is 2.40 bits per heavy atom. The van der Waals surface area contributed by atoms with Crippen molar-refractivity contribution >= 4 is 23.2 Å². The van der Waals surface area contributed by atoms with Crippen molar-refractivity contribution in [3.8, 4) is 0 Å². The summed E-state index contributed by atoms with van der Waals surface area (Å²) in [6, 6.07) is 1.87. The molecule has 0 aliphatic carbocycles. The molecule has 0 radical (unpaired) electrons. The standard InChI is InChI=1S/C13H17NO5S/c1-18-8-9-2-5-20-12(9)13(17)14-3-4-19-10(7-14)6-11(15)16/h2,5,10H,3-4,6-8H2,1H3,(H,15,16). The topological polar surface area (TPSA) is 76.1 Å². The number of aliphatic carboxylic acids is 1. The molecular formula is C13H17NO5S. The number of nitrogens with zero attached hydrogens (tertiary/aromatic N) is 1. The predicted octanol–water partition coefficient (Wildman–Crippen LogP) is 1.21. The first-order valence-electron chi connectivity index (χ1n) is 6.29. The lowest BCUT2D eigenvalue weighted by atomic mass is 10.2. The third kappa shape index (κ3) is 3.56. The minimum atomic E-state index is -0.916. The van der Waals surface area contributed by atoms with Crippen LogP contribution >= 0.6 is 11.3 Å². The Hall–Kier alpha value is -1.44. The van der Waals surface area contributed by atoms with Crippen LogP contribution in [0.5, 0.6) is 0 Å². The number of carbonyl (C=O) groups is 2. The number of amides is 1. The van der Waals surface area contributed by atoms with E-state index in [0.29, 0.717) is 31.2 Å². The zero-order valence-electron chi connectivity index (χ0n) is 11.2. The molecule has 1 fully saturated rings. The highest BCUT2D eigenvalue weighted by molar-refractivity contribution is 7.12. The summed E-state index contributed by atoms with van der Waals surface area (Å²) >= 11 is 1.38. The molecule has 1 aromatic rings. The second kappa shape index (κ2) is 6.83. The van der Waals surface area contributed by atoms with Gasteiger partial charge in [-0.2, -0.15) is 0 Å². The van der Waals surface area contributed by atoms with Crippen LogP contribution in [0.15, 0.2) is 11.4 Å². The third-order valence-corrected chi connectivity index (χ3v) is 4.01. The highest BCUT2D eigenvalue weighted by Gasteiger charge is 2.28. The first kappa shape index (κ1) is 15.0. The fourth-order valence-corrected chi connectivity index (χ4v) is 3.03. The van der Waals surface area contributed by atoms with Crippen LogP contribution < -0.4 is 0 Å². The lowest BCUT2D eigenvalue weighted by Gasteiger charge is -2.32. The zero-order valence-corrected chi connectivity index (χ0v) is 12.0. The first-order valence-corrected chi connectivity index (χ1v) is 7.17. The van der Waals surface area contributed by atoms with Crippen molar-refractivity contribution < 1.29 is 24.2 Å². The van der Waals surface area contributed by atoms with Gasteiger partial charge in [0.25, 0.3) is 5.91 Å². The molecule has 0 bridgehead atoms. The van der Waals surface area contributed by atoms with Crippen molar-refractivity contribution in [2.45, 2.75) is 19.1 Å². The van der Waals surface area contributed by atoms with Gasteiger partial charge in [-0.25, -0.2) is 0 Å². The van der Waals surface area contributed by atoms with Gasteiger partial charge in [0, 0.05) is 25.8 Å². The van der Waals surface area contributed by atoms with Crippen molar-refractivity contribution in [3.05, 3.63) is 21.9 Å². The number of morpholine rings is 1. The SMILES string of the molecule is COCc1ccsc1C(=O)N1CCOC(CC(=O)O)C1. The average molecular weight is 299 g/mol. The summed E-state index contributed by atoms with van der Waals surface area (Å²) in [5, 5.41) is 10.6. The summed E-state index contributed by atoms with van der Waals surface area (Å²) in [5.74, 6) is -0.994. The minimum absolute atomic E-state index is 0.0780. The molecule has 110 valence electrons. The van der Waals surface area contributed by atoms with Gasteiger partial charge in [-0.3, -0.25) is 9.59 Å². The van der Waals surface area contributed by atoms with E-state index in [-0.39, 0.29) is 12.3 Å². The maximum absolute atomic E-state index is 12.5. The largest absolute Gasteiger partial charge is 0.481 e. The highest BCUT2D eigenvalue weighted by Crippen LogP contribution is 2.21. The van der Waals surface area contributed by atoms with Gasteiger partial charge in [0.05, 0.1) is 30.6 Å². The normalized spacial score (nSPS) is 19.1. The molecule has 1 saturated heterocycles. The molecule has 20 heavy (non-hydrogen) atoms. The van der Waals surface area contributed by atoms with E-state index < -0.39 is 12.1 Å². The fourth-order valence-electron chi connectivity index (χ4n) is 2.16. The Morgan fingerprint density at radius 3 is 3.10 bits per heavy atom. The summed E-state index contributed by atoms with van der Waals surface area (Å²) in [6.45, 7) is 1.57. The average Bonchev–Trinajstić information content (AvgIpc) is 2.86. The number of thiophene rings is 1. The fraction of sp³-hybridized carbons (Fsp3) is 0.538. The molecule has 1 amide bonds. The van der Waals surface area contributed by atoms with Gasteiger partial charge in [-0.1, -0.05) is 0 Å². The lowest BCUT2D eigenvalue weighted by Crippen LogP contribution is -2.46. The molecule has 1 N–H and O–H groups in total. The van der Waals surface area contributed by atoms with E-state index in [1.165, 1.54) is 11.3 Å². The minimum Gasteiger partial charge on any atom is -0.481 e. The number of carboxylic acid groups (broad SMARTS) is 1. The Labute approximate surface area is 120 Å². The Balaban J connectivity index is 2.04. The second-order valence-electron chi connectivity index (χ2n) is 4.55. The monoisotopic (exact) mass is 299 g/mol. The van der Waals surface area contributed by atoms with E-state index in [9.17, 15) is 9.59 Å². The van der Waals surface area contributed by atoms with E-state index in [1.54, 1.807) is 12.0 Å². The van der Waals surface area contributed by atoms with Crippen LogP contribution in [0.2, 0.25) is 0 Å². The Morgan fingerprint density at radius 1 is 1.60 bits per heavy atom. The molecule has 7 heteroatoms. The van der Waals surface area contributed by atoms with Crippen molar-refractivity contribution in [1.29, 1.82) is 0 Å². The zero-order chi connectivity index (χ0) is 14.5. The van der Waals surface area contributed by atoms with Crippen LogP contribution in [-0.4, -0.2) is 54.8 Å². The van der Waals surface area contributed by atoms with Crippen LogP contribution in [0.1, 0.15) is 21.7 Å². The van der Waals surface area contributed by atoms with Gasteiger partial charge in [0.2, 0.25) is 0 Å². The van der Waals surface area contributed by atoms with Crippen LogP contribution in [0.25, 0.3) is 0 Å². The smallest absolute Gasteiger partial charge is 0.306 e. The Bertz CT molecular complexity index is 487. The number of carboxylic acids is 1. The molecule has 0 spiro atoms. The van der Waals surface area contributed by atoms with Crippen molar-refractivity contribution in [2.24, 2.45) is 0 Å². The summed E-state index contributed by atoms with van der Waals surface area (Å²) in [7, 11) is 1.59. The molecule has 1 aromatic heterocycles. The number of methoxy groups -OCH3 is 1. The molecule has 0 aromatic carbocycles. The molecule has 1 atom stereocenters. The van der Waals surface area contributed by atoms with Crippen LogP contribution in [0, 0.1) is 0 Å². The number of hydrogen-bond acceptors (Lipinski definition) is 5. The van der Waals surface area contributed by atoms with Crippen molar-refractivity contribution in [3.63, 3.8) is 0 Å². The first-order chi connectivity index (χ1) is 9.61. The van der Waals surface area contributed by atoms with E-state index in [0.717, 1.165) is 5.56 Å². The molecule has 2 rings (SSSR count). The van der Waals surface area contributed by atoms with Crippen LogP contribution in [0.3, 0.4) is 0 Å².